The molecule has 0 fully saturated rings. The van der Waals surface area contributed by atoms with E-state index in [1.165, 1.54) is 24.3 Å². The molecular formula is C14H9ClF2O3S. The van der Waals surface area contributed by atoms with Crippen molar-refractivity contribution in [2.24, 2.45) is 0 Å². The molecule has 0 unspecified atom stereocenters. The normalized spacial score (nSPS) is 11.4. The topological polar surface area (TPSA) is 51.2 Å². The number of rotatable bonds is 4. The first-order valence-electron chi connectivity index (χ1n) is 5.76. The molecule has 110 valence electrons. The third kappa shape index (κ3) is 3.65. The molecule has 7 heteroatoms. The fourth-order valence-electron chi connectivity index (χ4n) is 1.67. The largest absolute Gasteiger partial charge is 0.293 e. The number of carbonyl (C=O) groups excluding carboxylic acids is 1. The number of Topliss-reactive ketones (excluding diaryl/α,β-unsaturated/α-hetero) is 1. The highest BCUT2D eigenvalue weighted by Crippen LogP contribution is 2.18. The van der Waals surface area contributed by atoms with Gasteiger partial charge in [0.15, 0.2) is 27.3 Å². The maximum absolute atomic E-state index is 13.1. The van der Waals surface area contributed by atoms with Gasteiger partial charge in [-0.15, -0.1) is 0 Å². The van der Waals surface area contributed by atoms with Gasteiger partial charge in [0, 0.05) is 10.6 Å². The van der Waals surface area contributed by atoms with E-state index in [-0.39, 0.29) is 15.5 Å². The van der Waals surface area contributed by atoms with Crippen molar-refractivity contribution in [1.29, 1.82) is 0 Å². The van der Waals surface area contributed by atoms with Crippen LogP contribution in [-0.4, -0.2) is 20.0 Å². The number of hydrogen-bond acceptors (Lipinski definition) is 3. The minimum absolute atomic E-state index is 0.106. The van der Waals surface area contributed by atoms with Gasteiger partial charge in [-0.25, -0.2) is 17.2 Å². The Morgan fingerprint density at radius 3 is 2.38 bits per heavy atom. The van der Waals surface area contributed by atoms with E-state index < -0.39 is 33.0 Å². The summed E-state index contributed by atoms with van der Waals surface area (Å²) in [6.07, 6.45) is 0. The fourth-order valence-corrected chi connectivity index (χ4v) is 3.20. The van der Waals surface area contributed by atoms with Gasteiger partial charge in [0.2, 0.25) is 0 Å². The number of sulfone groups is 1. The lowest BCUT2D eigenvalue weighted by atomic mass is 10.1. The Balaban J connectivity index is 2.28. The van der Waals surface area contributed by atoms with Gasteiger partial charge in [-0.1, -0.05) is 17.7 Å². The number of ketones is 1. The highest BCUT2D eigenvalue weighted by Gasteiger charge is 2.21. The molecule has 0 aliphatic heterocycles. The molecule has 0 heterocycles. The summed E-state index contributed by atoms with van der Waals surface area (Å²) in [5, 5.41) is 0.219. The zero-order valence-electron chi connectivity index (χ0n) is 10.5. The minimum Gasteiger partial charge on any atom is -0.293 e. The predicted molar refractivity (Wildman–Crippen MR) is 74.2 cm³/mol. The van der Waals surface area contributed by atoms with Crippen LogP contribution in [0.15, 0.2) is 47.4 Å². The lowest BCUT2D eigenvalue weighted by Gasteiger charge is -2.05. The molecule has 0 aliphatic rings. The van der Waals surface area contributed by atoms with Crippen LogP contribution in [0.25, 0.3) is 0 Å². The summed E-state index contributed by atoms with van der Waals surface area (Å²) in [6.45, 7) is 0. The van der Waals surface area contributed by atoms with Gasteiger partial charge < -0.3 is 0 Å². The first-order valence-corrected chi connectivity index (χ1v) is 7.79. The molecule has 0 saturated heterocycles. The van der Waals surface area contributed by atoms with Gasteiger partial charge in [0.05, 0.1) is 4.90 Å². The molecule has 0 spiro atoms. The predicted octanol–water partition coefficient (Wildman–Crippen LogP) is 3.27. The van der Waals surface area contributed by atoms with E-state index in [0.29, 0.717) is 6.07 Å². The summed E-state index contributed by atoms with van der Waals surface area (Å²) in [5.74, 6) is -3.99. The van der Waals surface area contributed by atoms with E-state index in [4.69, 9.17) is 11.6 Å². The summed E-state index contributed by atoms with van der Waals surface area (Å²) < 4.78 is 50.0. The molecular weight excluding hydrogens is 322 g/mol. The van der Waals surface area contributed by atoms with E-state index >= 15 is 0 Å². The van der Waals surface area contributed by atoms with Crippen molar-refractivity contribution in [3.8, 4) is 0 Å². The zero-order chi connectivity index (χ0) is 15.6. The summed E-state index contributed by atoms with van der Waals surface area (Å²) in [7, 11) is -3.90. The van der Waals surface area contributed by atoms with Gasteiger partial charge in [-0.2, -0.15) is 0 Å². The number of hydrogen-bond donors (Lipinski definition) is 0. The van der Waals surface area contributed by atoms with Crippen molar-refractivity contribution in [2.45, 2.75) is 4.90 Å². The Labute approximate surface area is 125 Å². The summed E-state index contributed by atoms with van der Waals surface area (Å²) in [5.41, 5.74) is -0.209. The van der Waals surface area contributed by atoms with E-state index in [9.17, 15) is 22.0 Å². The molecule has 0 saturated carbocycles. The Morgan fingerprint density at radius 2 is 1.76 bits per heavy atom. The summed E-state index contributed by atoms with van der Waals surface area (Å²) >= 11 is 5.70. The van der Waals surface area contributed by atoms with Gasteiger partial charge in [0.1, 0.15) is 5.75 Å². The molecule has 0 amide bonds. The van der Waals surface area contributed by atoms with Crippen LogP contribution in [0.2, 0.25) is 5.02 Å². The van der Waals surface area contributed by atoms with E-state index in [2.05, 4.69) is 0 Å². The van der Waals surface area contributed by atoms with Crippen LogP contribution in [0, 0.1) is 11.6 Å². The lowest BCUT2D eigenvalue weighted by Crippen LogP contribution is -2.16. The maximum Gasteiger partial charge on any atom is 0.185 e. The third-order valence-corrected chi connectivity index (χ3v) is 4.57. The molecule has 0 atom stereocenters. The molecule has 0 bridgehead atoms. The SMILES string of the molecule is O=C(CS(=O)(=O)c1cccc(Cl)c1)c1ccc(F)c(F)c1. The maximum atomic E-state index is 13.1. The molecule has 0 aromatic heterocycles. The molecule has 0 aliphatic carbocycles. The second kappa shape index (κ2) is 5.91. The quantitative estimate of drug-likeness (QED) is 0.808. The van der Waals surface area contributed by atoms with Crippen molar-refractivity contribution in [3.05, 3.63) is 64.7 Å². The van der Waals surface area contributed by atoms with Crippen LogP contribution in [0.1, 0.15) is 10.4 Å². The molecule has 21 heavy (non-hydrogen) atoms. The van der Waals surface area contributed by atoms with Crippen LogP contribution in [-0.2, 0) is 9.84 Å². The fraction of sp³-hybridized carbons (Fsp3) is 0.0714. The highest BCUT2D eigenvalue weighted by atomic mass is 35.5. The summed E-state index contributed by atoms with van der Waals surface area (Å²) in [4.78, 5) is 11.8. The van der Waals surface area contributed by atoms with E-state index in [1.807, 2.05) is 0 Å². The first kappa shape index (κ1) is 15.6. The van der Waals surface area contributed by atoms with Crippen LogP contribution < -0.4 is 0 Å². The van der Waals surface area contributed by atoms with Gasteiger partial charge in [0.25, 0.3) is 0 Å². The Morgan fingerprint density at radius 1 is 1.05 bits per heavy atom. The van der Waals surface area contributed by atoms with Gasteiger partial charge in [-0.05, 0) is 36.4 Å². The van der Waals surface area contributed by atoms with Crippen molar-refractivity contribution < 1.29 is 22.0 Å². The molecule has 3 nitrogen and oxygen atoms in total. The second-order valence-corrected chi connectivity index (χ2v) is 6.69. The molecule has 2 rings (SSSR count). The minimum atomic E-state index is -3.90. The third-order valence-electron chi connectivity index (χ3n) is 2.72. The van der Waals surface area contributed by atoms with Crippen LogP contribution >= 0.6 is 11.6 Å². The first-order chi connectivity index (χ1) is 9.79. The Bertz CT molecular complexity index is 804. The van der Waals surface area contributed by atoms with Gasteiger partial charge in [-0.3, -0.25) is 4.79 Å². The number of halogens is 3. The smallest absolute Gasteiger partial charge is 0.185 e. The van der Waals surface area contributed by atoms with E-state index in [0.717, 1.165) is 12.1 Å². The molecule has 0 radical (unpaired) electrons. The van der Waals surface area contributed by atoms with Crippen LogP contribution in [0.5, 0.6) is 0 Å². The molecule has 2 aromatic carbocycles. The van der Waals surface area contributed by atoms with Crippen molar-refractivity contribution >= 4 is 27.2 Å². The highest BCUT2D eigenvalue weighted by molar-refractivity contribution is 7.92. The van der Waals surface area contributed by atoms with Gasteiger partial charge >= 0.3 is 0 Å². The second-order valence-electron chi connectivity index (χ2n) is 4.27. The Hall–Kier alpha value is -1.79. The number of carbonyl (C=O) groups is 1. The van der Waals surface area contributed by atoms with E-state index in [1.54, 1.807) is 0 Å². The Kier molecular flexibility index (Phi) is 4.39. The standard InChI is InChI=1S/C14H9ClF2O3S/c15-10-2-1-3-11(7-10)21(19,20)8-14(18)9-4-5-12(16)13(17)6-9/h1-7H,8H2. The average molecular weight is 331 g/mol. The number of benzene rings is 2. The summed E-state index contributed by atoms with van der Waals surface area (Å²) in [6, 6.07) is 7.94. The van der Waals surface area contributed by atoms with Crippen molar-refractivity contribution in [1.82, 2.24) is 0 Å². The average Bonchev–Trinajstić information content (AvgIpc) is 2.41. The van der Waals surface area contributed by atoms with Crippen LogP contribution in [0.4, 0.5) is 8.78 Å². The van der Waals surface area contributed by atoms with Crippen LogP contribution in [0.3, 0.4) is 0 Å². The van der Waals surface area contributed by atoms with Crippen molar-refractivity contribution in [2.75, 3.05) is 5.75 Å². The molecule has 0 N–H and O–H groups in total. The zero-order valence-corrected chi connectivity index (χ0v) is 12.1. The van der Waals surface area contributed by atoms with Crippen molar-refractivity contribution in [3.63, 3.8) is 0 Å². The monoisotopic (exact) mass is 330 g/mol. The molecule has 2 aromatic rings. The lowest BCUT2D eigenvalue weighted by molar-refractivity contribution is 0.102.